The zero-order valence-corrected chi connectivity index (χ0v) is 17.5. The van der Waals surface area contributed by atoms with Crippen molar-refractivity contribution in [1.29, 1.82) is 0 Å². The van der Waals surface area contributed by atoms with Crippen LogP contribution in [0, 0.1) is 0 Å². The lowest BCUT2D eigenvalue weighted by atomic mass is 10.2. The number of likely N-dealkylation sites (N-methyl/N-ethyl adjacent to an activating group) is 1. The number of nitrogens with zero attached hydrogens (tertiary/aromatic N) is 2. The standard InChI is InChI=1S/C22H27N3O3S/c1-2-24-13-6-9-19(24)16-23-22(26)18-8-5-10-20(15-18)29(27,28)25-14-12-17-7-3-4-11-21(17)25/h3-5,7-8,10-11,15,19H,2,6,9,12-14,16H2,1H3,(H,23,26). The van der Waals surface area contributed by atoms with Crippen LogP contribution in [0.1, 0.15) is 35.7 Å². The van der Waals surface area contributed by atoms with E-state index in [1.807, 2.05) is 24.3 Å². The van der Waals surface area contributed by atoms with E-state index in [0.717, 1.165) is 37.2 Å². The van der Waals surface area contributed by atoms with Crippen LogP contribution in [0.2, 0.25) is 0 Å². The summed E-state index contributed by atoms with van der Waals surface area (Å²) in [6.45, 7) is 5.19. The lowest BCUT2D eigenvalue weighted by Gasteiger charge is -2.23. The van der Waals surface area contributed by atoms with Gasteiger partial charge in [-0.15, -0.1) is 0 Å². The van der Waals surface area contributed by atoms with Crippen molar-refractivity contribution in [2.45, 2.75) is 37.1 Å². The Balaban J connectivity index is 1.50. The molecule has 1 atom stereocenters. The maximum Gasteiger partial charge on any atom is 0.264 e. The Kier molecular flexibility index (Phi) is 5.61. The minimum Gasteiger partial charge on any atom is -0.350 e. The molecule has 0 aromatic heterocycles. The van der Waals surface area contributed by atoms with Gasteiger partial charge in [0.05, 0.1) is 10.6 Å². The SMILES string of the molecule is CCN1CCCC1CNC(=O)c1cccc(S(=O)(=O)N2CCc3ccccc32)c1. The fourth-order valence-electron chi connectivity index (χ4n) is 4.34. The zero-order chi connectivity index (χ0) is 20.4. The van der Waals surface area contributed by atoms with Crippen LogP contribution in [0.3, 0.4) is 0 Å². The number of para-hydroxylation sites is 1. The van der Waals surface area contributed by atoms with Crippen molar-refractivity contribution in [3.05, 3.63) is 59.7 Å². The molecule has 0 saturated carbocycles. The van der Waals surface area contributed by atoms with E-state index in [2.05, 4.69) is 17.1 Å². The van der Waals surface area contributed by atoms with Crippen LogP contribution < -0.4 is 9.62 Å². The van der Waals surface area contributed by atoms with Crippen LogP contribution in [-0.2, 0) is 16.4 Å². The molecule has 2 heterocycles. The van der Waals surface area contributed by atoms with E-state index in [1.165, 1.54) is 10.4 Å². The van der Waals surface area contributed by atoms with Crippen LogP contribution in [-0.4, -0.2) is 51.4 Å². The van der Waals surface area contributed by atoms with Gasteiger partial charge in [-0.05, 0) is 62.2 Å². The van der Waals surface area contributed by atoms with Gasteiger partial charge in [-0.2, -0.15) is 0 Å². The summed E-state index contributed by atoms with van der Waals surface area (Å²) in [5, 5.41) is 2.98. The molecule has 0 spiro atoms. The van der Waals surface area contributed by atoms with Gasteiger partial charge in [-0.3, -0.25) is 14.0 Å². The molecule has 6 nitrogen and oxygen atoms in total. The number of amides is 1. The first-order valence-electron chi connectivity index (χ1n) is 10.2. The zero-order valence-electron chi connectivity index (χ0n) is 16.7. The van der Waals surface area contributed by atoms with Gasteiger partial charge in [0, 0.05) is 24.7 Å². The molecule has 1 fully saturated rings. The summed E-state index contributed by atoms with van der Waals surface area (Å²) in [4.78, 5) is 15.2. The molecule has 0 bridgehead atoms. The monoisotopic (exact) mass is 413 g/mol. The molecule has 2 aliphatic rings. The quantitative estimate of drug-likeness (QED) is 0.791. The minimum absolute atomic E-state index is 0.151. The number of carbonyl (C=O) groups excluding carboxylic acids is 1. The van der Waals surface area contributed by atoms with E-state index in [9.17, 15) is 13.2 Å². The second-order valence-electron chi connectivity index (χ2n) is 7.62. The number of nitrogens with one attached hydrogen (secondary N) is 1. The molecule has 7 heteroatoms. The molecule has 2 aromatic carbocycles. The third kappa shape index (κ3) is 3.89. The van der Waals surface area contributed by atoms with Gasteiger partial charge in [0.25, 0.3) is 15.9 Å². The lowest BCUT2D eigenvalue weighted by molar-refractivity contribution is 0.0941. The number of fused-ring (bicyclic) bond motifs is 1. The van der Waals surface area contributed by atoms with Crippen molar-refractivity contribution < 1.29 is 13.2 Å². The number of rotatable bonds is 6. The molecule has 0 aliphatic carbocycles. The molecule has 0 radical (unpaired) electrons. The predicted octanol–water partition coefficient (Wildman–Crippen LogP) is 2.65. The van der Waals surface area contributed by atoms with Crippen LogP contribution >= 0.6 is 0 Å². The van der Waals surface area contributed by atoms with Crippen molar-refractivity contribution in [3.63, 3.8) is 0 Å². The van der Waals surface area contributed by atoms with Crippen molar-refractivity contribution in [2.75, 3.05) is 30.5 Å². The summed E-state index contributed by atoms with van der Waals surface area (Å²) in [5.74, 6) is -0.230. The number of likely N-dealkylation sites (tertiary alicyclic amines) is 1. The number of anilines is 1. The van der Waals surface area contributed by atoms with Crippen molar-refractivity contribution >= 4 is 21.6 Å². The molecule has 1 saturated heterocycles. The summed E-state index contributed by atoms with van der Waals surface area (Å²) >= 11 is 0. The average Bonchev–Trinajstić information content (AvgIpc) is 3.38. The van der Waals surface area contributed by atoms with Gasteiger partial charge >= 0.3 is 0 Å². The largest absolute Gasteiger partial charge is 0.350 e. The second kappa shape index (κ2) is 8.16. The summed E-state index contributed by atoms with van der Waals surface area (Å²) in [6, 6.07) is 14.3. The Bertz CT molecular complexity index is 1010. The molecular weight excluding hydrogens is 386 g/mol. The maximum absolute atomic E-state index is 13.2. The van der Waals surface area contributed by atoms with E-state index in [4.69, 9.17) is 0 Å². The molecular formula is C22H27N3O3S. The van der Waals surface area contributed by atoms with Crippen molar-refractivity contribution in [3.8, 4) is 0 Å². The highest BCUT2D eigenvalue weighted by Gasteiger charge is 2.31. The molecule has 1 N–H and O–H groups in total. The molecule has 2 aliphatic heterocycles. The second-order valence-corrected chi connectivity index (χ2v) is 9.48. The van der Waals surface area contributed by atoms with Crippen LogP contribution in [0.15, 0.2) is 53.4 Å². The number of benzene rings is 2. The fraction of sp³-hybridized carbons (Fsp3) is 0.409. The highest BCUT2D eigenvalue weighted by Crippen LogP contribution is 2.32. The lowest BCUT2D eigenvalue weighted by Crippen LogP contribution is -2.40. The Hall–Kier alpha value is -2.38. The van der Waals surface area contributed by atoms with Crippen LogP contribution in [0.25, 0.3) is 0 Å². The summed E-state index contributed by atoms with van der Waals surface area (Å²) in [5.41, 5.74) is 2.13. The molecule has 1 unspecified atom stereocenters. The molecule has 1 amide bonds. The van der Waals surface area contributed by atoms with Gasteiger partial charge in [0.2, 0.25) is 0 Å². The van der Waals surface area contributed by atoms with Crippen molar-refractivity contribution in [2.24, 2.45) is 0 Å². The summed E-state index contributed by atoms with van der Waals surface area (Å²) in [7, 11) is -3.71. The van der Waals surface area contributed by atoms with E-state index in [0.29, 0.717) is 31.1 Å². The summed E-state index contributed by atoms with van der Waals surface area (Å²) in [6.07, 6.45) is 2.93. The Morgan fingerprint density at radius 1 is 1.14 bits per heavy atom. The highest BCUT2D eigenvalue weighted by molar-refractivity contribution is 7.92. The van der Waals surface area contributed by atoms with Gasteiger partial charge < -0.3 is 5.32 Å². The van der Waals surface area contributed by atoms with Gasteiger partial charge in [0.1, 0.15) is 0 Å². The van der Waals surface area contributed by atoms with Gasteiger partial charge in [-0.25, -0.2) is 8.42 Å². The highest BCUT2D eigenvalue weighted by atomic mass is 32.2. The Morgan fingerprint density at radius 3 is 2.79 bits per heavy atom. The number of hydrogen-bond acceptors (Lipinski definition) is 4. The Labute approximate surface area is 172 Å². The average molecular weight is 414 g/mol. The number of sulfonamides is 1. The maximum atomic E-state index is 13.2. The summed E-state index contributed by atoms with van der Waals surface area (Å²) < 4.78 is 27.9. The normalized spacial score (nSPS) is 19.3. The van der Waals surface area contributed by atoms with E-state index in [-0.39, 0.29) is 10.8 Å². The van der Waals surface area contributed by atoms with Crippen molar-refractivity contribution in [1.82, 2.24) is 10.2 Å². The first kappa shape index (κ1) is 19.9. The first-order chi connectivity index (χ1) is 14.0. The topological polar surface area (TPSA) is 69.7 Å². The third-order valence-electron chi connectivity index (χ3n) is 5.93. The van der Waals surface area contributed by atoms with Gasteiger partial charge in [0.15, 0.2) is 0 Å². The van der Waals surface area contributed by atoms with Gasteiger partial charge in [-0.1, -0.05) is 31.2 Å². The Morgan fingerprint density at radius 2 is 1.97 bits per heavy atom. The first-order valence-corrected chi connectivity index (χ1v) is 11.7. The predicted molar refractivity (Wildman–Crippen MR) is 114 cm³/mol. The van der Waals surface area contributed by atoms with E-state index in [1.54, 1.807) is 18.2 Å². The molecule has 2 aromatic rings. The smallest absolute Gasteiger partial charge is 0.264 e. The number of carbonyl (C=O) groups is 1. The molecule has 4 rings (SSSR count). The van der Waals surface area contributed by atoms with E-state index >= 15 is 0 Å². The van der Waals surface area contributed by atoms with Crippen LogP contribution in [0.5, 0.6) is 0 Å². The minimum atomic E-state index is -3.71. The molecule has 29 heavy (non-hydrogen) atoms. The fourth-order valence-corrected chi connectivity index (χ4v) is 5.89. The van der Waals surface area contributed by atoms with Crippen LogP contribution in [0.4, 0.5) is 5.69 Å². The van der Waals surface area contributed by atoms with E-state index < -0.39 is 10.0 Å². The number of hydrogen-bond donors (Lipinski definition) is 1. The third-order valence-corrected chi connectivity index (χ3v) is 7.74. The molecule has 154 valence electrons.